The largest absolute Gasteiger partial charge is 0.493 e. The van der Waals surface area contributed by atoms with Crippen molar-refractivity contribution in [2.75, 3.05) is 21.3 Å². The lowest BCUT2D eigenvalue weighted by atomic mass is 9.66. The van der Waals surface area contributed by atoms with E-state index in [-0.39, 0.29) is 45.9 Å². The standard InChI is InChI=1S/C22H26N2O7/c1-11-18(21(26)31-6)19(20-13(23-11)9-22(2,3)10-15(20)25)12-7-16(29-4)17(30-5)8-14(12)24(27)28/h7-9,19-20,23H,10H2,1-6H3. The Morgan fingerprint density at radius 3 is 2.32 bits per heavy atom. The first kappa shape index (κ1) is 22.3. The zero-order chi connectivity index (χ0) is 23.1. The Kier molecular flexibility index (Phi) is 5.80. The van der Waals surface area contributed by atoms with Crippen LogP contribution in [0.25, 0.3) is 0 Å². The van der Waals surface area contributed by atoms with Crippen molar-refractivity contribution in [2.24, 2.45) is 11.3 Å². The van der Waals surface area contributed by atoms with E-state index in [1.807, 2.05) is 19.9 Å². The van der Waals surface area contributed by atoms with Crippen LogP contribution in [-0.2, 0) is 14.3 Å². The first-order valence-corrected chi connectivity index (χ1v) is 9.76. The number of carbonyl (C=O) groups is 2. The molecule has 0 spiro atoms. The fraction of sp³-hybridized carbons (Fsp3) is 0.455. The third-order valence-electron chi connectivity index (χ3n) is 5.71. The van der Waals surface area contributed by atoms with Crippen LogP contribution in [0.5, 0.6) is 11.5 Å². The quantitative estimate of drug-likeness (QED) is 0.430. The minimum Gasteiger partial charge on any atom is -0.493 e. The molecule has 1 heterocycles. The van der Waals surface area contributed by atoms with E-state index in [1.165, 1.54) is 33.5 Å². The first-order valence-electron chi connectivity index (χ1n) is 9.76. The van der Waals surface area contributed by atoms with Crippen molar-refractivity contribution < 1.29 is 28.7 Å². The Hall–Kier alpha value is -3.36. The van der Waals surface area contributed by atoms with Gasteiger partial charge < -0.3 is 19.5 Å². The Balaban J connectivity index is 2.36. The summed E-state index contributed by atoms with van der Waals surface area (Å²) in [4.78, 5) is 37.4. The van der Waals surface area contributed by atoms with Crippen LogP contribution < -0.4 is 14.8 Å². The molecule has 1 aliphatic heterocycles. The fourth-order valence-electron chi connectivity index (χ4n) is 4.47. The number of carbonyl (C=O) groups excluding carboxylic acids is 2. The molecule has 166 valence electrons. The summed E-state index contributed by atoms with van der Waals surface area (Å²) >= 11 is 0. The lowest BCUT2D eigenvalue weighted by Gasteiger charge is -2.41. The SMILES string of the molecule is COC(=O)C1=C(C)NC2=CC(C)(C)CC(=O)C2C1c1cc(OC)c(OC)cc1[N+](=O)[O-]. The van der Waals surface area contributed by atoms with Crippen LogP contribution >= 0.6 is 0 Å². The number of hydrogen-bond donors (Lipinski definition) is 1. The molecule has 0 bridgehead atoms. The number of nitro groups is 1. The molecule has 0 amide bonds. The minimum absolute atomic E-state index is 0.113. The second-order valence-corrected chi connectivity index (χ2v) is 8.37. The smallest absolute Gasteiger partial charge is 0.336 e. The van der Waals surface area contributed by atoms with E-state index in [4.69, 9.17) is 14.2 Å². The highest BCUT2D eigenvalue weighted by molar-refractivity contribution is 5.96. The van der Waals surface area contributed by atoms with Gasteiger partial charge in [0.2, 0.25) is 0 Å². The molecular formula is C22H26N2O7. The Morgan fingerprint density at radius 2 is 1.77 bits per heavy atom. The van der Waals surface area contributed by atoms with Crippen molar-refractivity contribution in [2.45, 2.75) is 33.1 Å². The molecule has 0 radical (unpaired) electrons. The molecule has 2 atom stereocenters. The summed E-state index contributed by atoms with van der Waals surface area (Å²) in [6.07, 6.45) is 2.20. The van der Waals surface area contributed by atoms with Crippen LogP contribution in [0.2, 0.25) is 0 Å². The molecule has 1 aliphatic carbocycles. The molecule has 0 aromatic heterocycles. The number of nitrogens with one attached hydrogen (secondary N) is 1. The molecular weight excluding hydrogens is 404 g/mol. The first-order chi connectivity index (χ1) is 14.5. The highest BCUT2D eigenvalue weighted by Gasteiger charge is 2.48. The lowest BCUT2D eigenvalue weighted by molar-refractivity contribution is -0.385. The van der Waals surface area contributed by atoms with Gasteiger partial charge in [-0.1, -0.05) is 19.9 Å². The molecule has 2 unspecified atom stereocenters. The summed E-state index contributed by atoms with van der Waals surface area (Å²) in [6.45, 7) is 5.58. The Bertz CT molecular complexity index is 1020. The van der Waals surface area contributed by atoms with Gasteiger partial charge in [-0.3, -0.25) is 14.9 Å². The highest BCUT2D eigenvalue weighted by Crippen LogP contribution is 2.50. The summed E-state index contributed by atoms with van der Waals surface area (Å²) in [6, 6.07) is 2.72. The predicted molar refractivity (Wildman–Crippen MR) is 112 cm³/mol. The van der Waals surface area contributed by atoms with Gasteiger partial charge in [0.05, 0.1) is 43.8 Å². The number of nitrogens with zero attached hydrogens (tertiary/aromatic N) is 1. The number of rotatable bonds is 5. The molecule has 0 fully saturated rings. The number of Topliss-reactive ketones (excluding diaryl/α,β-unsaturated/α-hetero) is 1. The Labute approximate surface area is 180 Å². The van der Waals surface area contributed by atoms with Crippen LogP contribution in [0.15, 0.2) is 35.2 Å². The van der Waals surface area contributed by atoms with Crippen LogP contribution in [0.3, 0.4) is 0 Å². The van der Waals surface area contributed by atoms with Gasteiger partial charge in [0.1, 0.15) is 5.78 Å². The normalized spacial score (nSPS) is 22.1. The van der Waals surface area contributed by atoms with E-state index in [1.54, 1.807) is 6.92 Å². The molecule has 0 saturated carbocycles. The maximum Gasteiger partial charge on any atom is 0.336 e. The molecule has 2 aliphatic rings. The van der Waals surface area contributed by atoms with E-state index >= 15 is 0 Å². The summed E-state index contributed by atoms with van der Waals surface area (Å²) in [5.41, 5.74) is 0.818. The summed E-state index contributed by atoms with van der Waals surface area (Å²) in [7, 11) is 4.03. The van der Waals surface area contributed by atoms with E-state index in [9.17, 15) is 19.7 Å². The van der Waals surface area contributed by atoms with Gasteiger partial charge in [-0.25, -0.2) is 4.79 Å². The van der Waals surface area contributed by atoms with Crippen LogP contribution in [0.4, 0.5) is 5.69 Å². The third-order valence-corrected chi connectivity index (χ3v) is 5.71. The number of nitro benzene ring substituents is 1. The molecule has 1 N–H and O–H groups in total. The maximum absolute atomic E-state index is 13.3. The third kappa shape index (κ3) is 3.87. The van der Waals surface area contributed by atoms with Crippen molar-refractivity contribution in [3.8, 4) is 11.5 Å². The van der Waals surface area contributed by atoms with E-state index in [0.29, 0.717) is 11.4 Å². The number of ether oxygens (including phenoxy) is 3. The monoisotopic (exact) mass is 430 g/mol. The average Bonchev–Trinajstić information content (AvgIpc) is 2.70. The summed E-state index contributed by atoms with van der Waals surface area (Å²) in [5.74, 6) is -2.03. The lowest BCUT2D eigenvalue weighted by Crippen LogP contribution is -2.43. The van der Waals surface area contributed by atoms with Gasteiger partial charge in [-0.2, -0.15) is 0 Å². The van der Waals surface area contributed by atoms with Crippen molar-refractivity contribution in [3.05, 3.63) is 50.9 Å². The highest BCUT2D eigenvalue weighted by atomic mass is 16.6. The topological polar surface area (TPSA) is 117 Å². The van der Waals surface area contributed by atoms with E-state index in [0.717, 1.165) is 0 Å². The van der Waals surface area contributed by atoms with Crippen LogP contribution in [0.1, 0.15) is 38.7 Å². The number of methoxy groups -OCH3 is 3. The zero-order valence-corrected chi connectivity index (χ0v) is 18.4. The molecule has 3 rings (SSSR count). The minimum atomic E-state index is -0.913. The van der Waals surface area contributed by atoms with Crippen LogP contribution in [-0.4, -0.2) is 38.0 Å². The molecule has 9 nitrogen and oxygen atoms in total. The number of fused-ring (bicyclic) bond motifs is 1. The fourth-order valence-corrected chi connectivity index (χ4v) is 4.47. The average molecular weight is 430 g/mol. The van der Waals surface area contributed by atoms with Gasteiger partial charge in [0, 0.05) is 29.3 Å². The molecule has 1 aromatic rings. The number of benzene rings is 1. The summed E-state index contributed by atoms with van der Waals surface area (Å²) < 4.78 is 15.5. The number of esters is 1. The van der Waals surface area contributed by atoms with Crippen molar-refractivity contribution in [1.82, 2.24) is 5.32 Å². The molecule has 1 aromatic carbocycles. The van der Waals surface area contributed by atoms with Crippen molar-refractivity contribution in [1.29, 1.82) is 0 Å². The van der Waals surface area contributed by atoms with Gasteiger partial charge in [0.25, 0.3) is 5.69 Å². The van der Waals surface area contributed by atoms with Crippen molar-refractivity contribution >= 4 is 17.4 Å². The number of allylic oxidation sites excluding steroid dienone is 3. The molecule has 0 saturated heterocycles. The van der Waals surface area contributed by atoms with Gasteiger partial charge in [-0.05, 0) is 18.4 Å². The molecule has 31 heavy (non-hydrogen) atoms. The Morgan fingerprint density at radius 1 is 1.16 bits per heavy atom. The van der Waals surface area contributed by atoms with Crippen LogP contribution in [0, 0.1) is 21.4 Å². The number of ketones is 1. The second-order valence-electron chi connectivity index (χ2n) is 8.37. The summed E-state index contributed by atoms with van der Waals surface area (Å²) in [5, 5.41) is 15.1. The van der Waals surface area contributed by atoms with E-state index < -0.39 is 22.7 Å². The zero-order valence-electron chi connectivity index (χ0n) is 18.4. The van der Waals surface area contributed by atoms with Gasteiger partial charge >= 0.3 is 5.97 Å². The maximum atomic E-state index is 13.3. The second kappa shape index (κ2) is 8.05. The molecule has 9 heteroatoms. The van der Waals surface area contributed by atoms with Crippen molar-refractivity contribution in [3.63, 3.8) is 0 Å². The van der Waals surface area contributed by atoms with Gasteiger partial charge in [0.15, 0.2) is 11.5 Å². The number of hydrogen-bond acceptors (Lipinski definition) is 8. The van der Waals surface area contributed by atoms with Gasteiger partial charge in [-0.15, -0.1) is 0 Å². The van der Waals surface area contributed by atoms with E-state index in [2.05, 4.69) is 5.32 Å². The predicted octanol–water partition coefficient (Wildman–Crippen LogP) is 3.24.